The first-order chi connectivity index (χ1) is 8.99. The molecule has 1 aliphatic rings. The Balaban J connectivity index is 2.05. The molecule has 4 atom stereocenters. The fraction of sp³-hybridized carbons (Fsp3) is 0.647. The summed E-state index contributed by atoms with van der Waals surface area (Å²) in [5.41, 5.74) is 2.25. The van der Waals surface area contributed by atoms with Crippen molar-refractivity contribution in [1.29, 1.82) is 0 Å². The summed E-state index contributed by atoms with van der Waals surface area (Å²) in [6.07, 6.45) is 3.25. The Morgan fingerprint density at radius 2 is 1.68 bits per heavy atom. The Morgan fingerprint density at radius 3 is 2.21 bits per heavy atom. The van der Waals surface area contributed by atoms with E-state index in [0.717, 1.165) is 30.2 Å². The predicted octanol–water partition coefficient (Wildman–Crippen LogP) is 3.86. The van der Waals surface area contributed by atoms with Gasteiger partial charge in [0.25, 0.3) is 0 Å². The van der Waals surface area contributed by atoms with Gasteiger partial charge in [0.1, 0.15) is 0 Å². The van der Waals surface area contributed by atoms with E-state index in [1.807, 2.05) is 14.1 Å². The minimum atomic E-state index is -0.300. The summed E-state index contributed by atoms with van der Waals surface area (Å²) >= 11 is 0. The second kappa shape index (κ2) is 5.96. The molecule has 4 unspecified atom stereocenters. The summed E-state index contributed by atoms with van der Waals surface area (Å²) in [4.78, 5) is 2.08. The van der Waals surface area contributed by atoms with E-state index in [0.29, 0.717) is 5.92 Å². The Kier molecular flexibility index (Phi) is 4.51. The van der Waals surface area contributed by atoms with Crippen molar-refractivity contribution in [3.63, 3.8) is 0 Å². The van der Waals surface area contributed by atoms with Crippen LogP contribution < -0.4 is 4.90 Å². The lowest BCUT2D eigenvalue weighted by atomic mass is 9.73. The molecule has 1 saturated carbocycles. The molecule has 0 heterocycles. The standard InChI is InChI=1S/C17H27NO/c1-12-5-6-15(11-13(12)2)17(19)14-7-9-16(10-8-14)18(3)4/h7-10,12-13,15,17,19H,5-6,11H2,1-4H3. The van der Waals surface area contributed by atoms with Crippen LogP contribution in [0.5, 0.6) is 0 Å². The van der Waals surface area contributed by atoms with Crippen LogP contribution in [0.25, 0.3) is 0 Å². The molecule has 0 aromatic heterocycles. The Hall–Kier alpha value is -1.02. The van der Waals surface area contributed by atoms with Crippen molar-refractivity contribution in [1.82, 2.24) is 0 Å². The van der Waals surface area contributed by atoms with E-state index in [1.165, 1.54) is 12.1 Å². The first-order valence-electron chi connectivity index (χ1n) is 7.44. The molecule has 0 aliphatic heterocycles. The van der Waals surface area contributed by atoms with Gasteiger partial charge in [-0.3, -0.25) is 0 Å². The molecule has 0 saturated heterocycles. The van der Waals surface area contributed by atoms with E-state index in [4.69, 9.17) is 0 Å². The average molecular weight is 261 g/mol. The van der Waals surface area contributed by atoms with E-state index in [9.17, 15) is 5.11 Å². The molecular weight excluding hydrogens is 234 g/mol. The van der Waals surface area contributed by atoms with Crippen molar-refractivity contribution >= 4 is 5.69 Å². The van der Waals surface area contributed by atoms with Crippen LogP contribution in [0.3, 0.4) is 0 Å². The van der Waals surface area contributed by atoms with Gasteiger partial charge in [0, 0.05) is 19.8 Å². The largest absolute Gasteiger partial charge is 0.388 e. The number of aliphatic hydroxyl groups is 1. The second-order valence-electron chi connectivity index (χ2n) is 6.46. The van der Waals surface area contributed by atoms with Crippen molar-refractivity contribution < 1.29 is 5.11 Å². The molecular formula is C17H27NO. The van der Waals surface area contributed by atoms with Gasteiger partial charge in [0.05, 0.1) is 6.10 Å². The molecule has 0 spiro atoms. The first kappa shape index (κ1) is 14.4. The molecule has 0 radical (unpaired) electrons. The van der Waals surface area contributed by atoms with Gasteiger partial charge in [-0.05, 0) is 48.3 Å². The van der Waals surface area contributed by atoms with E-state index in [1.54, 1.807) is 0 Å². The highest BCUT2D eigenvalue weighted by Gasteiger charge is 2.29. The molecule has 2 nitrogen and oxygen atoms in total. The van der Waals surface area contributed by atoms with E-state index in [-0.39, 0.29) is 6.10 Å². The molecule has 2 heteroatoms. The van der Waals surface area contributed by atoms with Crippen molar-refractivity contribution in [2.45, 2.75) is 39.2 Å². The van der Waals surface area contributed by atoms with Gasteiger partial charge in [0.15, 0.2) is 0 Å². The molecule has 1 aliphatic carbocycles. The molecule has 0 bridgehead atoms. The summed E-state index contributed by atoms with van der Waals surface area (Å²) in [5.74, 6) is 1.96. The molecule has 1 aromatic carbocycles. The van der Waals surface area contributed by atoms with Gasteiger partial charge in [-0.25, -0.2) is 0 Å². The van der Waals surface area contributed by atoms with Crippen LogP contribution in [0.4, 0.5) is 5.69 Å². The van der Waals surface area contributed by atoms with Gasteiger partial charge in [-0.1, -0.05) is 32.4 Å². The highest BCUT2D eigenvalue weighted by atomic mass is 16.3. The molecule has 2 rings (SSSR count). The topological polar surface area (TPSA) is 23.5 Å². The smallest absolute Gasteiger partial charge is 0.0818 e. The van der Waals surface area contributed by atoms with E-state index < -0.39 is 0 Å². The van der Waals surface area contributed by atoms with Crippen molar-refractivity contribution in [2.24, 2.45) is 17.8 Å². The lowest BCUT2D eigenvalue weighted by Gasteiger charge is -2.34. The third-order valence-electron chi connectivity index (χ3n) is 4.84. The van der Waals surface area contributed by atoms with Crippen LogP contribution in [-0.4, -0.2) is 19.2 Å². The summed E-state index contributed by atoms with van der Waals surface area (Å²) in [5, 5.41) is 10.6. The highest BCUT2D eigenvalue weighted by Crippen LogP contribution is 2.39. The van der Waals surface area contributed by atoms with Crippen molar-refractivity contribution in [2.75, 3.05) is 19.0 Å². The minimum Gasteiger partial charge on any atom is -0.388 e. The van der Waals surface area contributed by atoms with Crippen LogP contribution in [-0.2, 0) is 0 Å². The lowest BCUT2D eigenvalue weighted by Crippen LogP contribution is -2.25. The number of aliphatic hydroxyl groups excluding tert-OH is 1. The number of nitrogens with zero attached hydrogens (tertiary/aromatic N) is 1. The SMILES string of the molecule is CC1CCC(C(O)c2ccc(N(C)C)cc2)CC1C. The maximum absolute atomic E-state index is 10.6. The van der Waals surface area contributed by atoms with Gasteiger partial charge in [0.2, 0.25) is 0 Å². The fourth-order valence-corrected chi connectivity index (χ4v) is 3.12. The number of hydrogen-bond acceptors (Lipinski definition) is 2. The number of rotatable bonds is 3. The minimum absolute atomic E-state index is 0.300. The summed E-state index contributed by atoms with van der Waals surface area (Å²) in [7, 11) is 4.07. The van der Waals surface area contributed by atoms with E-state index >= 15 is 0 Å². The molecule has 0 amide bonds. The zero-order valence-electron chi connectivity index (χ0n) is 12.6. The predicted molar refractivity (Wildman–Crippen MR) is 81.4 cm³/mol. The van der Waals surface area contributed by atoms with Gasteiger partial charge >= 0.3 is 0 Å². The summed E-state index contributed by atoms with van der Waals surface area (Å²) in [6.45, 7) is 4.65. The van der Waals surface area contributed by atoms with Crippen LogP contribution >= 0.6 is 0 Å². The van der Waals surface area contributed by atoms with Gasteiger partial charge in [-0.15, -0.1) is 0 Å². The zero-order chi connectivity index (χ0) is 14.0. The maximum atomic E-state index is 10.6. The third kappa shape index (κ3) is 3.30. The molecule has 1 fully saturated rings. The molecule has 1 aromatic rings. The monoisotopic (exact) mass is 261 g/mol. The summed E-state index contributed by atoms with van der Waals surface area (Å²) in [6, 6.07) is 8.33. The van der Waals surface area contributed by atoms with Crippen LogP contribution in [0.1, 0.15) is 44.8 Å². The molecule has 1 N–H and O–H groups in total. The molecule has 19 heavy (non-hydrogen) atoms. The lowest BCUT2D eigenvalue weighted by molar-refractivity contribution is 0.0561. The maximum Gasteiger partial charge on any atom is 0.0818 e. The third-order valence-corrected chi connectivity index (χ3v) is 4.84. The Labute approximate surface area is 117 Å². The highest BCUT2D eigenvalue weighted by molar-refractivity contribution is 5.46. The number of benzene rings is 1. The fourth-order valence-electron chi connectivity index (χ4n) is 3.12. The first-order valence-corrected chi connectivity index (χ1v) is 7.44. The quantitative estimate of drug-likeness (QED) is 0.893. The number of hydrogen-bond donors (Lipinski definition) is 1. The Morgan fingerprint density at radius 1 is 1.05 bits per heavy atom. The average Bonchev–Trinajstić information content (AvgIpc) is 2.41. The van der Waals surface area contributed by atoms with Crippen molar-refractivity contribution in [3.05, 3.63) is 29.8 Å². The van der Waals surface area contributed by atoms with Gasteiger partial charge < -0.3 is 10.0 Å². The van der Waals surface area contributed by atoms with E-state index in [2.05, 4.69) is 43.0 Å². The molecule has 106 valence electrons. The number of anilines is 1. The normalized spacial score (nSPS) is 29.0. The van der Waals surface area contributed by atoms with Crippen LogP contribution in [0.15, 0.2) is 24.3 Å². The summed E-state index contributed by atoms with van der Waals surface area (Å²) < 4.78 is 0. The van der Waals surface area contributed by atoms with Crippen LogP contribution in [0, 0.1) is 17.8 Å². The Bertz CT molecular complexity index is 398. The van der Waals surface area contributed by atoms with Crippen molar-refractivity contribution in [3.8, 4) is 0 Å². The second-order valence-corrected chi connectivity index (χ2v) is 6.46. The van der Waals surface area contributed by atoms with Gasteiger partial charge in [-0.2, -0.15) is 0 Å². The van der Waals surface area contributed by atoms with Crippen LogP contribution in [0.2, 0.25) is 0 Å². The zero-order valence-corrected chi connectivity index (χ0v) is 12.6.